The number of ether oxygens (including phenoxy) is 1. The first-order chi connectivity index (χ1) is 9.99. The minimum atomic E-state index is -3.39. The zero-order valence-corrected chi connectivity index (χ0v) is 14.2. The summed E-state index contributed by atoms with van der Waals surface area (Å²) in [5, 5.41) is 0.602. The van der Waals surface area contributed by atoms with Crippen LogP contribution in [0.15, 0.2) is 23.1 Å². The second-order valence-electron chi connectivity index (χ2n) is 5.33. The number of nitrogens with one attached hydrogen (secondary N) is 1. The molecule has 1 aromatic carbocycles. The molecule has 0 amide bonds. The summed E-state index contributed by atoms with van der Waals surface area (Å²) in [6.07, 6.45) is 2.13. The zero-order valence-electron chi connectivity index (χ0n) is 12.6. The van der Waals surface area contributed by atoms with Gasteiger partial charge in [0.25, 0.3) is 0 Å². The molecule has 0 aromatic heterocycles. The number of hydrogen-bond donors (Lipinski definition) is 1. The Hall–Kier alpha value is -0.560. The Morgan fingerprint density at radius 2 is 1.95 bits per heavy atom. The van der Waals surface area contributed by atoms with Gasteiger partial charge in [0, 0.05) is 30.8 Å². The van der Waals surface area contributed by atoms with E-state index in [4.69, 9.17) is 4.74 Å². The molecule has 0 spiro atoms. The van der Waals surface area contributed by atoms with Gasteiger partial charge >= 0.3 is 0 Å². The molecule has 1 saturated heterocycles. The van der Waals surface area contributed by atoms with E-state index in [0.29, 0.717) is 16.7 Å². The zero-order chi connectivity index (χ0) is 15.3. The molecule has 1 aliphatic heterocycles. The van der Waals surface area contributed by atoms with Gasteiger partial charge in [0.1, 0.15) is 0 Å². The molecule has 0 bridgehead atoms. The number of thioether (sulfide) groups is 1. The Balaban J connectivity index is 1.82. The first kappa shape index (κ1) is 16.8. The lowest BCUT2D eigenvalue weighted by molar-refractivity contribution is 0.100. The third-order valence-electron chi connectivity index (χ3n) is 3.70. The van der Waals surface area contributed by atoms with E-state index in [1.807, 2.05) is 31.7 Å². The van der Waals surface area contributed by atoms with Crippen LogP contribution < -0.4 is 4.72 Å². The molecule has 1 N–H and O–H groups in total. The Kier molecular flexibility index (Phi) is 6.10. The number of hydrogen-bond acceptors (Lipinski definition) is 4. The lowest BCUT2D eigenvalue weighted by Crippen LogP contribution is -2.27. The predicted octanol–water partition coefficient (Wildman–Crippen LogP) is 2.49. The molecule has 4 nitrogen and oxygen atoms in total. The fourth-order valence-electron chi connectivity index (χ4n) is 2.21. The molecule has 0 unspecified atom stereocenters. The van der Waals surface area contributed by atoms with Crippen LogP contribution in [0.3, 0.4) is 0 Å². The van der Waals surface area contributed by atoms with Crippen LogP contribution in [-0.2, 0) is 14.8 Å². The highest BCUT2D eigenvalue weighted by atomic mass is 32.2. The standard InChI is InChI=1S/C15H23NO3S2/c1-12-3-4-15(11-13(12)2)21(17,18)16-7-10-20-14-5-8-19-9-6-14/h3-4,11,14,16H,5-10H2,1-2H3. The van der Waals surface area contributed by atoms with E-state index in [1.165, 1.54) is 0 Å². The normalized spacial score (nSPS) is 17.0. The first-order valence-electron chi connectivity index (χ1n) is 7.25. The van der Waals surface area contributed by atoms with Crippen LogP contribution in [0.1, 0.15) is 24.0 Å². The van der Waals surface area contributed by atoms with Gasteiger partial charge in [0.15, 0.2) is 0 Å². The van der Waals surface area contributed by atoms with E-state index < -0.39 is 10.0 Å². The number of rotatable bonds is 6. The van der Waals surface area contributed by atoms with Crippen molar-refractivity contribution in [2.45, 2.75) is 36.8 Å². The monoisotopic (exact) mass is 329 g/mol. The highest BCUT2D eigenvalue weighted by Gasteiger charge is 2.16. The highest BCUT2D eigenvalue weighted by Crippen LogP contribution is 2.21. The van der Waals surface area contributed by atoms with Crippen LogP contribution in [0.2, 0.25) is 0 Å². The van der Waals surface area contributed by atoms with E-state index in [1.54, 1.807) is 12.1 Å². The van der Waals surface area contributed by atoms with Crippen molar-refractivity contribution < 1.29 is 13.2 Å². The second kappa shape index (κ2) is 7.63. The largest absolute Gasteiger partial charge is 0.381 e. The van der Waals surface area contributed by atoms with Gasteiger partial charge in [0.05, 0.1) is 4.90 Å². The van der Waals surface area contributed by atoms with Crippen molar-refractivity contribution in [3.8, 4) is 0 Å². The van der Waals surface area contributed by atoms with E-state index in [9.17, 15) is 8.42 Å². The molecule has 118 valence electrons. The van der Waals surface area contributed by atoms with Crippen LogP contribution in [0.5, 0.6) is 0 Å². The molecule has 2 rings (SSSR count). The molecule has 0 saturated carbocycles. The Bertz CT molecular complexity index is 566. The molecule has 21 heavy (non-hydrogen) atoms. The summed E-state index contributed by atoms with van der Waals surface area (Å²) in [6, 6.07) is 5.24. The van der Waals surface area contributed by atoms with Crippen LogP contribution in [0.4, 0.5) is 0 Å². The van der Waals surface area contributed by atoms with Crippen molar-refractivity contribution in [3.05, 3.63) is 29.3 Å². The van der Waals surface area contributed by atoms with Gasteiger partial charge in [-0.1, -0.05) is 6.07 Å². The second-order valence-corrected chi connectivity index (χ2v) is 8.50. The molecule has 0 radical (unpaired) electrons. The van der Waals surface area contributed by atoms with Crippen molar-refractivity contribution in [2.75, 3.05) is 25.5 Å². The van der Waals surface area contributed by atoms with E-state index in [-0.39, 0.29) is 0 Å². The van der Waals surface area contributed by atoms with Gasteiger partial charge < -0.3 is 4.74 Å². The Morgan fingerprint density at radius 1 is 1.24 bits per heavy atom. The summed E-state index contributed by atoms with van der Waals surface area (Å²) in [4.78, 5) is 0.349. The fourth-order valence-corrected chi connectivity index (χ4v) is 4.53. The molecule has 0 aliphatic carbocycles. The van der Waals surface area contributed by atoms with E-state index >= 15 is 0 Å². The molecular weight excluding hydrogens is 306 g/mol. The summed E-state index contributed by atoms with van der Waals surface area (Å²) in [5.41, 5.74) is 2.10. The van der Waals surface area contributed by atoms with Crippen LogP contribution in [0.25, 0.3) is 0 Å². The summed E-state index contributed by atoms with van der Waals surface area (Å²) >= 11 is 1.83. The van der Waals surface area contributed by atoms with Crippen LogP contribution in [0, 0.1) is 13.8 Å². The van der Waals surface area contributed by atoms with Crippen LogP contribution >= 0.6 is 11.8 Å². The maximum absolute atomic E-state index is 12.2. The minimum absolute atomic E-state index is 0.349. The average molecular weight is 329 g/mol. The number of benzene rings is 1. The van der Waals surface area contributed by atoms with Gasteiger partial charge in [0.2, 0.25) is 10.0 Å². The third kappa shape index (κ3) is 4.98. The number of aryl methyl sites for hydroxylation is 2. The first-order valence-corrected chi connectivity index (χ1v) is 9.78. The van der Waals surface area contributed by atoms with Gasteiger partial charge in [-0.05, 0) is 49.9 Å². The molecule has 0 atom stereocenters. The summed E-state index contributed by atoms with van der Waals surface area (Å²) in [7, 11) is -3.39. The quantitative estimate of drug-likeness (QED) is 0.815. The van der Waals surface area contributed by atoms with Crippen molar-refractivity contribution in [3.63, 3.8) is 0 Å². The fraction of sp³-hybridized carbons (Fsp3) is 0.600. The highest BCUT2D eigenvalue weighted by molar-refractivity contribution is 8.00. The molecule has 1 aromatic rings. The SMILES string of the molecule is Cc1ccc(S(=O)(=O)NCCSC2CCOCC2)cc1C. The van der Waals surface area contributed by atoms with Gasteiger partial charge in [-0.3, -0.25) is 0 Å². The summed E-state index contributed by atoms with van der Waals surface area (Å²) < 4.78 is 32.4. The number of sulfonamides is 1. The molecule has 1 fully saturated rings. The Labute approximate surface area is 131 Å². The van der Waals surface area contributed by atoms with Crippen molar-refractivity contribution in [2.24, 2.45) is 0 Å². The lowest BCUT2D eigenvalue weighted by atomic mass is 10.1. The van der Waals surface area contributed by atoms with Gasteiger partial charge in [-0.15, -0.1) is 0 Å². The molecule has 1 heterocycles. The smallest absolute Gasteiger partial charge is 0.240 e. The maximum Gasteiger partial charge on any atom is 0.240 e. The topological polar surface area (TPSA) is 55.4 Å². The Morgan fingerprint density at radius 3 is 2.62 bits per heavy atom. The lowest BCUT2D eigenvalue weighted by Gasteiger charge is -2.21. The summed E-state index contributed by atoms with van der Waals surface area (Å²) in [5.74, 6) is 0.800. The van der Waals surface area contributed by atoms with Crippen LogP contribution in [-0.4, -0.2) is 39.2 Å². The van der Waals surface area contributed by atoms with Gasteiger partial charge in [-0.25, -0.2) is 13.1 Å². The van der Waals surface area contributed by atoms with Crippen molar-refractivity contribution in [1.29, 1.82) is 0 Å². The maximum atomic E-state index is 12.2. The van der Waals surface area contributed by atoms with Crippen molar-refractivity contribution in [1.82, 2.24) is 4.72 Å². The summed E-state index contributed by atoms with van der Waals surface area (Å²) in [6.45, 7) is 6.02. The third-order valence-corrected chi connectivity index (χ3v) is 6.55. The molecule has 6 heteroatoms. The van der Waals surface area contributed by atoms with Crippen molar-refractivity contribution >= 4 is 21.8 Å². The van der Waals surface area contributed by atoms with E-state index in [0.717, 1.165) is 42.9 Å². The average Bonchev–Trinajstić information content (AvgIpc) is 2.47. The van der Waals surface area contributed by atoms with E-state index in [2.05, 4.69) is 4.72 Å². The predicted molar refractivity (Wildman–Crippen MR) is 87.4 cm³/mol. The van der Waals surface area contributed by atoms with Gasteiger partial charge in [-0.2, -0.15) is 11.8 Å². The molecular formula is C15H23NO3S2. The minimum Gasteiger partial charge on any atom is -0.381 e. The molecule has 1 aliphatic rings.